The third-order valence-corrected chi connectivity index (χ3v) is 4.59. The number of rotatable bonds is 6. The number of carbonyl (C=O) groups is 1. The van der Waals surface area contributed by atoms with Crippen molar-refractivity contribution in [3.63, 3.8) is 0 Å². The molecule has 1 amide bonds. The van der Waals surface area contributed by atoms with Gasteiger partial charge in [-0.1, -0.05) is 53.0 Å². The van der Waals surface area contributed by atoms with Gasteiger partial charge in [-0.05, 0) is 49.4 Å². The van der Waals surface area contributed by atoms with Crippen LogP contribution < -0.4 is 5.32 Å². The zero-order chi connectivity index (χ0) is 17.7. The number of carbonyl (C=O) groups excluding carboxylic acids is 1. The minimum absolute atomic E-state index is 0.0417. The summed E-state index contributed by atoms with van der Waals surface area (Å²) >= 11 is 17.8. The molecule has 0 saturated carbocycles. The first-order valence-corrected chi connectivity index (χ1v) is 8.66. The van der Waals surface area contributed by atoms with Crippen molar-refractivity contribution >= 4 is 40.7 Å². The van der Waals surface area contributed by atoms with Crippen LogP contribution in [0, 0.1) is 0 Å². The first-order chi connectivity index (χ1) is 11.3. The van der Waals surface area contributed by atoms with Crippen molar-refractivity contribution in [1.29, 1.82) is 0 Å². The molecule has 1 atom stereocenters. The molecular weight excluding hydrogens is 367 g/mol. The van der Waals surface area contributed by atoms with Gasteiger partial charge in [0.2, 0.25) is 5.91 Å². The van der Waals surface area contributed by atoms with Crippen molar-refractivity contribution in [3.05, 3.63) is 68.7 Å². The van der Waals surface area contributed by atoms with Gasteiger partial charge in [-0.25, -0.2) is 0 Å². The molecule has 0 aliphatic carbocycles. The van der Waals surface area contributed by atoms with Crippen LogP contribution in [-0.4, -0.2) is 24.4 Å². The fourth-order valence-electron chi connectivity index (χ4n) is 2.37. The van der Waals surface area contributed by atoms with Gasteiger partial charge in [0.1, 0.15) is 0 Å². The maximum Gasteiger partial charge on any atom is 0.234 e. The zero-order valence-electron chi connectivity index (χ0n) is 13.5. The Morgan fingerprint density at radius 2 is 1.75 bits per heavy atom. The number of likely N-dealkylation sites (N-methyl/N-ethyl adjacent to an activating group) is 1. The summed E-state index contributed by atoms with van der Waals surface area (Å²) < 4.78 is 0. The maximum atomic E-state index is 12.2. The Labute approximate surface area is 157 Å². The first-order valence-electron chi connectivity index (χ1n) is 7.52. The highest BCUT2D eigenvalue weighted by atomic mass is 35.5. The lowest BCUT2D eigenvalue weighted by atomic mass is 10.1. The van der Waals surface area contributed by atoms with Gasteiger partial charge in [-0.3, -0.25) is 9.69 Å². The molecule has 0 spiro atoms. The summed E-state index contributed by atoms with van der Waals surface area (Å²) in [5.41, 5.74) is 2.02. The normalized spacial score (nSPS) is 12.2. The Morgan fingerprint density at radius 1 is 1.08 bits per heavy atom. The predicted octanol–water partition coefficient (Wildman–Crippen LogP) is 4.96. The van der Waals surface area contributed by atoms with Crippen LogP contribution in [0.25, 0.3) is 0 Å². The predicted molar refractivity (Wildman–Crippen MR) is 101 cm³/mol. The van der Waals surface area contributed by atoms with Gasteiger partial charge < -0.3 is 5.32 Å². The number of benzene rings is 2. The van der Waals surface area contributed by atoms with Crippen molar-refractivity contribution < 1.29 is 4.79 Å². The van der Waals surface area contributed by atoms with E-state index in [4.69, 9.17) is 34.8 Å². The van der Waals surface area contributed by atoms with Gasteiger partial charge in [0.05, 0.1) is 22.6 Å². The van der Waals surface area contributed by atoms with E-state index in [1.807, 2.05) is 55.3 Å². The molecule has 3 nitrogen and oxygen atoms in total. The maximum absolute atomic E-state index is 12.2. The molecule has 0 aliphatic rings. The molecule has 6 heteroatoms. The highest BCUT2D eigenvalue weighted by Gasteiger charge is 2.12. The lowest BCUT2D eigenvalue weighted by Crippen LogP contribution is -2.36. The van der Waals surface area contributed by atoms with Crippen LogP contribution in [-0.2, 0) is 11.3 Å². The first kappa shape index (κ1) is 19.1. The van der Waals surface area contributed by atoms with E-state index in [-0.39, 0.29) is 18.5 Å². The highest BCUT2D eigenvalue weighted by Crippen LogP contribution is 2.23. The summed E-state index contributed by atoms with van der Waals surface area (Å²) in [5, 5.41) is 4.70. The molecule has 0 radical (unpaired) electrons. The van der Waals surface area contributed by atoms with Gasteiger partial charge in [0.25, 0.3) is 0 Å². The van der Waals surface area contributed by atoms with Crippen molar-refractivity contribution in [2.24, 2.45) is 0 Å². The second-order valence-electron chi connectivity index (χ2n) is 5.76. The highest BCUT2D eigenvalue weighted by molar-refractivity contribution is 6.42. The van der Waals surface area contributed by atoms with Crippen molar-refractivity contribution in [2.45, 2.75) is 19.5 Å². The van der Waals surface area contributed by atoms with E-state index in [0.717, 1.165) is 11.1 Å². The van der Waals surface area contributed by atoms with Crippen LogP contribution in [0.1, 0.15) is 24.1 Å². The monoisotopic (exact) mass is 384 g/mol. The number of hydrogen-bond acceptors (Lipinski definition) is 2. The summed E-state index contributed by atoms with van der Waals surface area (Å²) in [5.74, 6) is -0.0417. The Hall–Kier alpha value is -1.26. The third kappa shape index (κ3) is 5.67. The van der Waals surface area contributed by atoms with E-state index in [0.29, 0.717) is 21.6 Å². The van der Waals surface area contributed by atoms with E-state index < -0.39 is 0 Å². The van der Waals surface area contributed by atoms with Crippen LogP contribution in [0.2, 0.25) is 15.1 Å². The van der Waals surface area contributed by atoms with Crippen molar-refractivity contribution in [2.75, 3.05) is 13.6 Å². The molecule has 0 aromatic heterocycles. The molecule has 2 aromatic carbocycles. The average molecular weight is 386 g/mol. The fraction of sp³-hybridized carbons (Fsp3) is 0.278. The zero-order valence-corrected chi connectivity index (χ0v) is 15.8. The Bertz CT molecular complexity index is 704. The van der Waals surface area contributed by atoms with Gasteiger partial charge >= 0.3 is 0 Å². The van der Waals surface area contributed by atoms with E-state index in [1.165, 1.54) is 0 Å². The van der Waals surface area contributed by atoms with Crippen LogP contribution in [0.3, 0.4) is 0 Å². The molecular formula is C18H19Cl3N2O. The SMILES string of the molecule is C[C@H](NC(=O)CN(C)Cc1ccc(Cl)c(Cl)c1)c1ccc(Cl)cc1. The van der Waals surface area contributed by atoms with Crippen LogP contribution in [0.5, 0.6) is 0 Å². The van der Waals surface area contributed by atoms with E-state index in [9.17, 15) is 4.79 Å². The quantitative estimate of drug-likeness (QED) is 0.762. The number of nitrogens with one attached hydrogen (secondary N) is 1. The second-order valence-corrected chi connectivity index (χ2v) is 7.01. The summed E-state index contributed by atoms with van der Waals surface area (Å²) in [7, 11) is 1.88. The van der Waals surface area contributed by atoms with Gasteiger partial charge in [0, 0.05) is 11.6 Å². The molecule has 1 N–H and O–H groups in total. The Kier molecular flexibility index (Phi) is 6.93. The molecule has 0 aliphatic heterocycles. The van der Waals surface area contributed by atoms with Crippen LogP contribution in [0.15, 0.2) is 42.5 Å². The van der Waals surface area contributed by atoms with E-state index in [2.05, 4.69) is 5.32 Å². The minimum Gasteiger partial charge on any atom is -0.348 e. The molecule has 0 heterocycles. The van der Waals surface area contributed by atoms with Gasteiger partial charge in [-0.2, -0.15) is 0 Å². The lowest BCUT2D eigenvalue weighted by molar-refractivity contribution is -0.122. The molecule has 0 unspecified atom stereocenters. The molecule has 24 heavy (non-hydrogen) atoms. The summed E-state index contributed by atoms with van der Waals surface area (Å²) in [4.78, 5) is 14.1. The molecule has 0 saturated heterocycles. The number of amides is 1. The Morgan fingerprint density at radius 3 is 2.38 bits per heavy atom. The number of hydrogen-bond donors (Lipinski definition) is 1. The molecule has 0 bridgehead atoms. The second kappa shape index (κ2) is 8.72. The summed E-state index contributed by atoms with van der Waals surface area (Å²) in [6.45, 7) is 2.85. The standard InChI is InChI=1S/C18H19Cl3N2O/c1-12(14-4-6-15(19)7-5-14)22-18(24)11-23(2)10-13-3-8-16(20)17(21)9-13/h3-9,12H,10-11H2,1-2H3,(H,22,24)/t12-/m0/s1. The topological polar surface area (TPSA) is 32.3 Å². The molecule has 128 valence electrons. The Balaban J connectivity index is 1.86. The minimum atomic E-state index is -0.0758. The summed E-state index contributed by atoms with van der Waals surface area (Å²) in [6, 6.07) is 12.8. The van der Waals surface area contributed by atoms with E-state index >= 15 is 0 Å². The third-order valence-electron chi connectivity index (χ3n) is 3.60. The molecule has 0 fully saturated rings. The lowest BCUT2D eigenvalue weighted by Gasteiger charge is -2.19. The fourth-order valence-corrected chi connectivity index (χ4v) is 2.82. The summed E-state index contributed by atoms with van der Waals surface area (Å²) in [6.07, 6.45) is 0. The van der Waals surface area contributed by atoms with Crippen molar-refractivity contribution in [1.82, 2.24) is 10.2 Å². The van der Waals surface area contributed by atoms with Gasteiger partial charge in [0.15, 0.2) is 0 Å². The van der Waals surface area contributed by atoms with Crippen LogP contribution >= 0.6 is 34.8 Å². The molecule has 2 aromatic rings. The molecule has 2 rings (SSSR count). The van der Waals surface area contributed by atoms with Crippen LogP contribution in [0.4, 0.5) is 0 Å². The smallest absolute Gasteiger partial charge is 0.234 e. The van der Waals surface area contributed by atoms with Crippen molar-refractivity contribution in [3.8, 4) is 0 Å². The number of halogens is 3. The van der Waals surface area contributed by atoms with E-state index in [1.54, 1.807) is 6.07 Å². The largest absolute Gasteiger partial charge is 0.348 e. The average Bonchev–Trinajstić information content (AvgIpc) is 2.51. The number of nitrogens with zero attached hydrogens (tertiary/aromatic N) is 1. The van der Waals surface area contributed by atoms with Gasteiger partial charge in [-0.15, -0.1) is 0 Å².